The van der Waals surface area contributed by atoms with Crippen LogP contribution in [0.5, 0.6) is 0 Å². The molecular weight excluding hydrogens is 302 g/mol. The third-order valence-corrected chi connectivity index (χ3v) is 3.73. The minimum absolute atomic E-state index is 0.556. The lowest BCUT2D eigenvalue weighted by Gasteiger charge is -2.12. The highest BCUT2D eigenvalue weighted by molar-refractivity contribution is 7.80. The predicted molar refractivity (Wildman–Crippen MR) is 102 cm³/mol. The number of hydrogen-bond donors (Lipinski definition) is 2. The molecule has 2 aromatic rings. The summed E-state index contributed by atoms with van der Waals surface area (Å²) in [6, 6.07) is 12.5. The van der Waals surface area contributed by atoms with Gasteiger partial charge in [0.1, 0.15) is 0 Å². The Balaban J connectivity index is 2.31. The second kappa shape index (κ2) is 8.25. The Morgan fingerprint density at radius 2 is 1.96 bits per heavy atom. The van der Waals surface area contributed by atoms with Crippen molar-refractivity contribution in [3.63, 3.8) is 0 Å². The molecule has 0 aliphatic carbocycles. The van der Waals surface area contributed by atoms with Gasteiger partial charge in [-0.05, 0) is 61.1 Å². The number of nitrogens with one attached hydrogen (secondary N) is 2. The molecule has 1 aromatic heterocycles. The zero-order valence-electron chi connectivity index (χ0n) is 13.5. The summed E-state index contributed by atoms with van der Waals surface area (Å²) in [5.41, 5.74) is 5.65. The quantitative estimate of drug-likeness (QED) is 0.820. The molecule has 0 bridgehead atoms. The first-order valence-corrected chi connectivity index (χ1v) is 7.85. The molecule has 2 N–H and O–H groups in total. The molecule has 0 atom stereocenters. The van der Waals surface area contributed by atoms with Crippen LogP contribution in [0.2, 0.25) is 0 Å². The summed E-state index contributed by atoms with van der Waals surface area (Å²) in [4.78, 5) is 4.35. The van der Waals surface area contributed by atoms with E-state index in [9.17, 15) is 0 Å². The SMILES string of the molecule is C=CNC(=S)NC/C(=C\c1cccnc1C)c1ccc(C)cc1. The van der Waals surface area contributed by atoms with Crippen LogP contribution in [0.3, 0.4) is 0 Å². The van der Waals surface area contributed by atoms with Crippen LogP contribution in [-0.4, -0.2) is 16.6 Å². The van der Waals surface area contributed by atoms with Crippen LogP contribution in [-0.2, 0) is 0 Å². The van der Waals surface area contributed by atoms with Crippen molar-refractivity contribution in [3.8, 4) is 0 Å². The van der Waals surface area contributed by atoms with Crippen LogP contribution in [0, 0.1) is 13.8 Å². The maximum atomic E-state index is 5.20. The average Bonchev–Trinajstić information content (AvgIpc) is 2.54. The molecule has 3 nitrogen and oxygen atoms in total. The van der Waals surface area contributed by atoms with Crippen LogP contribution in [0.1, 0.15) is 22.4 Å². The van der Waals surface area contributed by atoms with Gasteiger partial charge in [0.2, 0.25) is 0 Å². The Labute approximate surface area is 143 Å². The van der Waals surface area contributed by atoms with Crippen molar-refractivity contribution in [1.82, 2.24) is 15.6 Å². The van der Waals surface area contributed by atoms with Crippen molar-refractivity contribution in [3.05, 3.63) is 77.8 Å². The highest BCUT2D eigenvalue weighted by Crippen LogP contribution is 2.19. The maximum Gasteiger partial charge on any atom is 0.170 e. The number of benzene rings is 1. The molecular formula is C19H21N3S. The van der Waals surface area contributed by atoms with E-state index < -0.39 is 0 Å². The van der Waals surface area contributed by atoms with Gasteiger partial charge in [0.25, 0.3) is 0 Å². The second-order valence-electron chi connectivity index (χ2n) is 5.24. The summed E-state index contributed by atoms with van der Waals surface area (Å²) < 4.78 is 0. The van der Waals surface area contributed by atoms with Crippen LogP contribution >= 0.6 is 12.2 Å². The molecule has 0 saturated carbocycles. The highest BCUT2D eigenvalue weighted by atomic mass is 32.1. The van der Waals surface area contributed by atoms with Crippen LogP contribution in [0.15, 0.2) is 55.4 Å². The van der Waals surface area contributed by atoms with Gasteiger partial charge >= 0.3 is 0 Å². The Bertz CT molecular complexity index is 718. The van der Waals surface area contributed by atoms with E-state index in [1.54, 1.807) is 12.4 Å². The molecule has 4 heteroatoms. The fourth-order valence-electron chi connectivity index (χ4n) is 2.16. The van der Waals surface area contributed by atoms with Crippen LogP contribution in [0.25, 0.3) is 11.6 Å². The van der Waals surface area contributed by atoms with Gasteiger partial charge in [0.15, 0.2) is 5.11 Å². The molecule has 0 spiro atoms. The largest absolute Gasteiger partial charge is 0.358 e. The van der Waals surface area contributed by atoms with Crippen molar-refractivity contribution in [2.45, 2.75) is 13.8 Å². The number of thiocarbonyl (C=S) groups is 1. The smallest absolute Gasteiger partial charge is 0.170 e. The van der Waals surface area contributed by atoms with Gasteiger partial charge in [0, 0.05) is 18.4 Å². The molecule has 0 aliphatic heterocycles. The van der Waals surface area contributed by atoms with Gasteiger partial charge in [-0.25, -0.2) is 0 Å². The Kier molecular flexibility index (Phi) is 6.06. The van der Waals surface area contributed by atoms with Crippen molar-refractivity contribution in [2.75, 3.05) is 6.54 Å². The molecule has 0 unspecified atom stereocenters. The average molecular weight is 323 g/mol. The molecule has 0 radical (unpaired) electrons. The number of hydrogen-bond acceptors (Lipinski definition) is 2. The highest BCUT2D eigenvalue weighted by Gasteiger charge is 2.05. The van der Waals surface area contributed by atoms with E-state index in [1.807, 2.05) is 13.0 Å². The Hall–Kier alpha value is -2.46. The standard InChI is InChI=1S/C19H21N3S/c1-4-20-19(23)22-13-18(16-9-7-14(2)8-10-16)12-17-6-5-11-21-15(17)3/h4-12H,1,13H2,2-3H3,(H2,20,22,23)/b18-12+. The van der Waals surface area contributed by atoms with Gasteiger partial charge in [-0.1, -0.05) is 42.5 Å². The minimum Gasteiger partial charge on any atom is -0.358 e. The minimum atomic E-state index is 0.556. The molecule has 0 fully saturated rings. The molecule has 2 rings (SSSR count). The van der Waals surface area contributed by atoms with Crippen molar-refractivity contribution < 1.29 is 0 Å². The first-order valence-electron chi connectivity index (χ1n) is 7.44. The number of aromatic nitrogens is 1. The van der Waals surface area contributed by atoms with Gasteiger partial charge in [-0.3, -0.25) is 4.98 Å². The van der Waals surface area contributed by atoms with Gasteiger partial charge < -0.3 is 10.6 Å². The van der Waals surface area contributed by atoms with Gasteiger partial charge in [0.05, 0.1) is 0 Å². The van der Waals surface area contributed by atoms with E-state index in [1.165, 1.54) is 5.56 Å². The van der Waals surface area contributed by atoms with Crippen molar-refractivity contribution in [2.24, 2.45) is 0 Å². The van der Waals surface area contributed by atoms with Crippen LogP contribution < -0.4 is 10.6 Å². The lowest BCUT2D eigenvalue weighted by atomic mass is 10.0. The summed E-state index contributed by atoms with van der Waals surface area (Å²) in [6.45, 7) is 8.33. The first kappa shape index (κ1) is 16.9. The number of aryl methyl sites for hydroxylation is 2. The van der Waals surface area contributed by atoms with E-state index in [0.717, 1.165) is 22.4 Å². The lowest BCUT2D eigenvalue weighted by Crippen LogP contribution is -2.32. The van der Waals surface area contributed by atoms with Gasteiger partial charge in [-0.2, -0.15) is 0 Å². The fourth-order valence-corrected chi connectivity index (χ4v) is 2.32. The number of rotatable bonds is 5. The monoisotopic (exact) mass is 323 g/mol. The lowest BCUT2D eigenvalue weighted by molar-refractivity contribution is 1.02. The topological polar surface area (TPSA) is 37.0 Å². The summed E-state index contributed by atoms with van der Waals surface area (Å²) >= 11 is 5.20. The Morgan fingerprint density at radius 1 is 1.22 bits per heavy atom. The molecule has 1 heterocycles. The molecule has 0 aliphatic rings. The van der Waals surface area contributed by atoms with E-state index >= 15 is 0 Å². The van der Waals surface area contributed by atoms with Gasteiger partial charge in [-0.15, -0.1) is 0 Å². The van der Waals surface area contributed by atoms with E-state index in [2.05, 4.69) is 65.5 Å². The number of nitrogens with zero attached hydrogens (tertiary/aromatic N) is 1. The van der Waals surface area contributed by atoms with E-state index in [-0.39, 0.29) is 0 Å². The first-order chi connectivity index (χ1) is 11.1. The molecule has 0 saturated heterocycles. The van der Waals surface area contributed by atoms with Crippen molar-refractivity contribution >= 4 is 29.0 Å². The molecule has 0 amide bonds. The third-order valence-electron chi connectivity index (χ3n) is 3.47. The summed E-state index contributed by atoms with van der Waals surface area (Å²) in [6.07, 6.45) is 5.52. The third kappa shape index (κ3) is 5.04. The summed E-state index contributed by atoms with van der Waals surface area (Å²) in [7, 11) is 0. The fraction of sp³-hybridized carbons (Fsp3) is 0.158. The summed E-state index contributed by atoms with van der Waals surface area (Å²) in [5, 5.41) is 6.63. The maximum absolute atomic E-state index is 5.20. The Morgan fingerprint density at radius 3 is 2.61 bits per heavy atom. The zero-order chi connectivity index (χ0) is 16.7. The molecule has 23 heavy (non-hydrogen) atoms. The molecule has 118 valence electrons. The predicted octanol–water partition coefficient (Wildman–Crippen LogP) is 3.85. The van der Waals surface area contributed by atoms with E-state index in [0.29, 0.717) is 11.7 Å². The number of pyridine rings is 1. The molecule has 1 aromatic carbocycles. The second-order valence-corrected chi connectivity index (χ2v) is 5.65. The van der Waals surface area contributed by atoms with Crippen molar-refractivity contribution in [1.29, 1.82) is 0 Å². The normalized spacial score (nSPS) is 11.0. The van der Waals surface area contributed by atoms with E-state index in [4.69, 9.17) is 12.2 Å². The van der Waals surface area contributed by atoms with Crippen LogP contribution in [0.4, 0.5) is 0 Å². The zero-order valence-corrected chi connectivity index (χ0v) is 14.3. The summed E-state index contributed by atoms with van der Waals surface area (Å²) in [5.74, 6) is 0.